The SMILES string of the molecule is CC(=O)N[C@@H](C)C(=O)NC(C=O)CC(=O)O. The first-order valence-electron chi connectivity index (χ1n) is 4.61. The molecule has 7 heteroatoms. The third kappa shape index (κ3) is 5.74. The minimum atomic E-state index is -1.19. The number of carbonyl (C=O) groups is 4. The van der Waals surface area contributed by atoms with Gasteiger partial charge in [0.1, 0.15) is 12.3 Å². The highest BCUT2D eigenvalue weighted by molar-refractivity contribution is 5.88. The number of nitrogens with one attached hydrogen (secondary N) is 2. The molecular weight excluding hydrogens is 216 g/mol. The van der Waals surface area contributed by atoms with Crippen molar-refractivity contribution in [3.63, 3.8) is 0 Å². The van der Waals surface area contributed by atoms with Crippen molar-refractivity contribution in [2.75, 3.05) is 0 Å². The zero-order valence-electron chi connectivity index (χ0n) is 9.02. The average Bonchev–Trinajstić information content (AvgIpc) is 2.14. The Labute approximate surface area is 92.2 Å². The first-order chi connectivity index (χ1) is 7.36. The Kier molecular flexibility index (Phi) is 5.76. The van der Waals surface area contributed by atoms with E-state index in [9.17, 15) is 19.2 Å². The van der Waals surface area contributed by atoms with Crippen molar-refractivity contribution in [2.24, 2.45) is 0 Å². The van der Waals surface area contributed by atoms with E-state index < -0.39 is 30.4 Å². The molecule has 0 heterocycles. The molecule has 0 aliphatic rings. The van der Waals surface area contributed by atoms with E-state index in [1.54, 1.807) is 0 Å². The molecule has 0 bridgehead atoms. The summed E-state index contributed by atoms with van der Waals surface area (Å²) in [6, 6.07) is -1.89. The number of hydrogen-bond acceptors (Lipinski definition) is 4. The van der Waals surface area contributed by atoms with Crippen molar-refractivity contribution >= 4 is 24.1 Å². The van der Waals surface area contributed by atoms with Crippen LogP contribution in [-0.4, -0.2) is 41.3 Å². The van der Waals surface area contributed by atoms with Crippen molar-refractivity contribution in [3.05, 3.63) is 0 Å². The molecule has 7 nitrogen and oxygen atoms in total. The van der Waals surface area contributed by atoms with E-state index in [0.29, 0.717) is 6.29 Å². The van der Waals surface area contributed by atoms with Crippen LogP contribution in [0.25, 0.3) is 0 Å². The number of carbonyl (C=O) groups excluding carboxylic acids is 3. The number of amides is 2. The van der Waals surface area contributed by atoms with Gasteiger partial charge in [0.15, 0.2) is 0 Å². The van der Waals surface area contributed by atoms with Gasteiger partial charge >= 0.3 is 5.97 Å². The molecule has 16 heavy (non-hydrogen) atoms. The molecule has 0 saturated carbocycles. The van der Waals surface area contributed by atoms with Crippen LogP contribution in [0.3, 0.4) is 0 Å². The van der Waals surface area contributed by atoms with Crippen LogP contribution in [0.2, 0.25) is 0 Å². The second kappa shape index (κ2) is 6.54. The molecular formula is C9H14N2O5. The van der Waals surface area contributed by atoms with Crippen LogP contribution in [0.5, 0.6) is 0 Å². The lowest BCUT2D eigenvalue weighted by atomic mass is 10.2. The second-order valence-electron chi connectivity index (χ2n) is 3.27. The topological polar surface area (TPSA) is 113 Å². The van der Waals surface area contributed by atoms with E-state index >= 15 is 0 Å². The number of carboxylic acid groups (broad SMARTS) is 1. The second-order valence-corrected chi connectivity index (χ2v) is 3.27. The molecule has 2 atom stereocenters. The van der Waals surface area contributed by atoms with Gasteiger partial charge in [0, 0.05) is 6.92 Å². The van der Waals surface area contributed by atoms with Gasteiger partial charge in [0.05, 0.1) is 12.5 Å². The first kappa shape index (κ1) is 14.1. The standard InChI is InChI=1S/C9H14N2O5/c1-5(10-6(2)13)9(16)11-7(4-12)3-8(14)15/h4-5,7H,3H2,1-2H3,(H,10,13)(H,11,16)(H,14,15)/t5-,7?/m0/s1. The number of carboxylic acids is 1. The molecule has 0 fully saturated rings. The largest absolute Gasteiger partial charge is 0.481 e. The number of rotatable bonds is 6. The van der Waals surface area contributed by atoms with E-state index in [0.717, 1.165) is 0 Å². The summed E-state index contributed by atoms with van der Waals surface area (Å²) in [5.74, 6) is -2.18. The molecule has 1 unspecified atom stereocenters. The zero-order chi connectivity index (χ0) is 12.7. The van der Waals surface area contributed by atoms with Gasteiger partial charge in [-0.3, -0.25) is 14.4 Å². The van der Waals surface area contributed by atoms with Crippen LogP contribution < -0.4 is 10.6 Å². The summed E-state index contributed by atoms with van der Waals surface area (Å²) in [7, 11) is 0. The highest BCUT2D eigenvalue weighted by Gasteiger charge is 2.19. The zero-order valence-corrected chi connectivity index (χ0v) is 9.02. The Balaban J connectivity index is 4.23. The lowest BCUT2D eigenvalue weighted by Crippen LogP contribution is -2.48. The van der Waals surface area contributed by atoms with E-state index in [1.165, 1.54) is 13.8 Å². The predicted octanol–water partition coefficient (Wildman–Crippen LogP) is -1.33. The molecule has 0 radical (unpaired) electrons. The molecule has 0 aromatic heterocycles. The molecule has 0 aromatic carbocycles. The van der Waals surface area contributed by atoms with E-state index in [1.807, 2.05) is 0 Å². The summed E-state index contributed by atoms with van der Waals surface area (Å²) in [6.45, 7) is 2.68. The van der Waals surface area contributed by atoms with Gasteiger partial charge < -0.3 is 20.5 Å². The average molecular weight is 230 g/mol. The van der Waals surface area contributed by atoms with Crippen LogP contribution in [0.4, 0.5) is 0 Å². The van der Waals surface area contributed by atoms with Crippen molar-refractivity contribution in [1.82, 2.24) is 10.6 Å². The Morgan fingerprint density at radius 3 is 2.25 bits per heavy atom. The third-order valence-electron chi connectivity index (χ3n) is 1.70. The van der Waals surface area contributed by atoms with E-state index in [-0.39, 0.29) is 5.91 Å². The fraction of sp³-hybridized carbons (Fsp3) is 0.556. The van der Waals surface area contributed by atoms with Gasteiger partial charge in [0.25, 0.3) is 0 Å². The lowest BCUT2D eigenvalue weighted by molar-refractivity contribution is -0.139. The Hall–Kier alpha value is -1.92. The Bertz CT molecular complexity index is 302. The lowest BCUT2D eigenvalue weighted by Gasteiger charge is -2.15. The van der Waals surface area contributed by atoms with Crippen LogP contribution in [0.15, 0.2) is 0 Å². The maximum absolute atomic E-state index is 11.4. The number of aliphatic carboxylic acids is 1. The molecule has 0 aliphatic carbocycles. The summed E-state index contributed by atoms with van der Waals surface area (Å²) in [5, 5.41) is 12.9. The minimum Gasteiger partial charge on any atom is -0.481 e. The van der Waals surface area contributed by atoms with E-state index in [2.05, 4.69) is 10.6 Å². The molecule has 0 spiro atoms. The van der Waals surface area contributed by atoms with Gasteiger partial charge in [0.2, 0.25) is 11.8 Å². The molecule has 0 aromatic rings. The number of hydrogen-bond donors (Lipinski definition) is 3. The van der Waals surface area contributed by atoms with Crippen molar-refractivity contribution in [2.45, 2.75) is 32.4 Å². The van der Waals surface area contributed by atoms with Gasteiger partial charge in [-0.2, -0.15) is 0 Å². The maximum atomic E-state index is 11.4. The van der Waals surface area contributed by atoms with Crippen LogP contribution in [-0.2, 0) is 19.2 Å². The molecule has 0 rings (SSSR count). The van der Waals surface area contributed by atoms with Crippen LogP contribution in [0, 0.1) is 0 Å². The summed E-state index contributed by atoms with van der Waals surface area (Å²) in [6.07, 6.45) is -0.144. The fourth-order valence-corrected chi connectivity index (χ4v) is 0.999. The maximum Gasteiger partial charge on any atom is 0.305 e. The molecule has 2 amide bonds. The molecule has 0 aliphatic heterocycles. The predicted molar refractivity (Wildman–Crippen MR) is 53.5 cm³/mol. The number of aldehydes is 1. The monoisotopic (exact) mass is 230 g/mol. The molecule has 0 saturated heterocycles. The van der Waals surface area contributed by atoms with Crippen LogP contribution >= 0.6 is 0 Å². The first-order valence-corrected chi connectivity index (χ1v) is 4.61. The fourth-order valence-electron chi connectivity index (χ4n) is 0.999. The molecule has 3 N–H and O–H groups in total. The highest BCUT2D eigenvalue weighted by Crippen LogP contribution is 1.91. The van der Waals surface area contributed by atoms with Crippen LogP contribution in [0.1, 0.15) is 20.3 Å². The van der Waals surface area contributed by atoms with Gasteiger partial charge in [-0.25, -0.2) is 0 Å². The minimum absolute atomic E-state index is 0.340. The van der Waals surface area contributed by atoms with Gasteiger partial charge in [-0.15, -0.1) is 0 Å². The summed E-state index contributed by atoms with van der Waals surface area (Å²) >= 11 is 0. The van der Waals surface area contributed by atoms with Crippen molar-refractivity contribution in [1.29, 1.82) is 0 Å². The van der Waals surface area contributed by atoms with Crippen molar-refractivity contribution in [3.8, 4) is 0 Å². The van der Waals surface area contributed by atoms with Gasteiger partial charge in [-0.05, 0) is 6.92 Å². The Morgan fingerprint density at radius 2 is 1.88 bits per heavy atom. The highest BCUT2D eigenvalue weighted by atomic mass is 16.4. The van der Waals surface area contributed by atoms with Crippen molar-refractivity contribution < 1.29 is 24.3 Å². The smallest absolute Gasteiger partial charge is 0.305 e. The third-order valence-corrected chi connectivity index (χ3v) is 1.70. The normalized spacial score (nSPS) is 13.4. The molecule has 90 valence electrons. The summed E-state index contributed by atoms with van der Waals surface area (Å²) in [5.41, 5.74) is 0. The quantitative estimate of drug-likeness (QED) is 0.489. The summed E-state index contributed by atoms with van der Waals surface area (Å²) in [4.78, 5) is 42.8. The summed E-state index contributed by atoms with van der Waals surface area (Å²) < 4.78 is 0. The van der Waals surface area contributed by atoms with E-state index in [4.69, 9.17) is 5.11 Å². The van der Waals surface area contributed by atoms with Gasteiger partial charge in [-0.1, -0.05) is 0 Å². The Morgan fingerprint density at radius 1 is 1.31 bits per heavy atom.